The molecule has 0 heterocycles. The van der Waals surface area contributed by atoms with Gasteiger partial charge in [0.25, 0.3) is 0 Å². The summed E-state index contributed by atoms with van der Waals surface area (Å²) in [5, 5.41) is 7.37. The van der Waals surface area contributed by atoms with Gasteiger partial charge in [0.1, 0.15) is 0 Å². The average Bonchev–Trinajstić information content (AvgIpc) is 2.78. The molecule has 0 spiro atoms. The number of hydrogen-bond donors (Lipinski definition) is 4. The zero-order valence-corrected chi connectivity index (χ0v) is 21.0. The fourth-order valence-corrected chi connectivity index (χ4v) is 4.82. The van der Waals surface area contributed by atoms with E-state index in [1.807, 2.05) is 0 Å². The van der Waals surface area contributed by atoms with Crippen LogP contribution in [-0.4, -0.2) is 38.3 Å². The molecule has 0 radical (unpaired) electrons. The van der Waals surface area contributed by atoms with E-state index in [1.54, 1.807) is 0 Å². The van der Waals surface area contributed by atoms with Crippen molar-refractivity contribution in [2.75, 3.05) is 26.2 Å². The Labute approximate surface area is 195 Å². The maximum Gasteiger partial charge on any atom is 0.00682 e. The molecule has 1 rings (SSSR count). The second-order valence-electron chi connectivity index (χ2n) is 10.1. The maximum atomic E-state index is 5.98. The fraction of sp³-hybridized carbons (Fsp3) is 1.00. The highest BCUT2D eigenvalue weighted by Gasteiger charge is 2.17. The molecule has 0 atom stereocenters. The van der Waals surface area contributed by atoms with Crippen molar-refractivity contribution in [1.82, 2.24) is 10.6 Å². The molecule has 1 saturated carbocycles. The van der Waals surface area contributed by atoms with Crippen molar-refractivity contribution in [3.63, 3.8) is 0 Å². The standard InChI is InChI=1S/C27H58N4/c28-22-14-10-6-5-8-12-16-24-30-23-15-11-7-3-1-2-4-9-13-17-25-31-27-20-18-26(29)19-21-27/h26-27,30-31H,1-25,28-29H2. The SMILES string of the molecule is NCCCCCCCCCNCCCCCCCCCCCCNC1CCC(N)CC1. The topological polar surface area (TPSA) is 76.1 Å². The van der Waals surface area contributed by atoms with Crippen LogP contribution in [0.1, 0.15) is 135 Å². The molecule has 0 unspecified atom stereocenters. The highest BCUT2D eigenvalue weighted by Crippen LogP contribution is 2.17. The van der Waals surface area contributed by atoms with E-state index in [2.05, 4.69) is 10.6 Å². The molecule has 1 fully saturated rings. The highest BCUT2D eigenvalue weighted by atomic mass is 14.9. The van der Waals surface area contributed by atoms with Crippen LogP contribution < -0.4 is 22.1 Å². The van der Waals surface area contributed by atoms with Crippen LogP contribution in [0.2, 0.25) is 0 Å². The van der Waals surface area contributed by atoms with Gasteiger partial charge in [-0.25, -0.2) is 0 Å². The summed E-state index contributed by atoms with van der Waals surface area (Å²) in [6.45, 7) is 4.51. The van der Waals surface area contributed by atoms with Gasteiger partial charge in [0.15, 0.2) is 0 Å². The Hall–Kier alpha value is -0.160. The van der Waals surface area contributed by atoms with Crippen molar-refractivity contribution >= 4 is 0 Å². The molecule has 0 aliphatic heterocycles. The van der Waals surface area contributed by atoms with E-state index < -0.39 is 0 Å². The third-order valence-corrected chi connectivity index (χ3v) is 7.04. The summed E-state index contributed by atoms with van der Waals surface area (Å²) in [4.78, 5) is 0. The molecule has 0 aromatic heterocycles. The smallest absolute Gasteiger partial charge is 0.00682 e. The van der Waals surface area contributed by atoms with Crippen LogP contribution in [0, 0.1) is 0 Å². The molecule has 31 heavy (non-hydrogen) atoms. The minimum atomic E-state index is 0.469. The predicted molar refractivity (Wildman–Crippen MR) is 139 cm³/mol. The Morgan fingerprint density at radius 2 is 0.871 bits per heavy atom. The summed E-state index contributed by atoms with van der Waals surface area (Å²) in [6, 6.07) is 1.22. The fourth-order valence-electron chi connectivity index (χ4n) is 4.82. The van der Waals surface area contributed by atoms with Crippen LogP contribution in [0.5, 0.6) is 0 Å². The monoisotopic (exact) mass is 438 g/mol. The molecule has 1 aliphatic carbocycles. The van der Waals surface area contributed by atoms with Crippen LogP contribution in [0.15, 0.2) is 0 Å². The first-order chi connectivity index (χ1) is 15.3. The molecule has 0 bridgehead atoms. The lowest BCUT2D eigenvalue weighted by atomic mass is 9.92. The van der Waals surface area contributed by atoms with Gasteiger partial charge in [-0.1, -0.05) is 83.5 Å². The Morgan fingerprint density at radius 1 is 0.484 bits per heavy atom. The van der Waals surface area contributed by atoms with Crippen molar-refractivity contribution in [2.24, 2.45) is 11.5 Å². The molecular weight excluding hydrogens is 380 g/mol. The van der Waals surface area contributed by atoms with E-state index in [0.717, 1.165) is 12.6 Å². The molecule has 1 aliphatic rings. The van der Waals surface area contributed by atoms with Gasteiger partial charge in [-0.3, -0.25) is 0 Å². The normalized spacial score (nSPS) is 19.2. The lowest BCUT2D eigenvalue weighted by molar-refractivity contribution is 0.340. The highest BCUT2D eigenvalue weighted by molar-refractivity contribution is 4.78. The third-order valence-electron chi connectivity index (χ3n) is 7.04. The van der Waals surface area contributed by atoms with Gasteiger partial charge in [-0.15, -0.1) is 0 Å². The minimum absolute atomic E-state index is 0.469. The van der Waals surface area contributed by atoms with E-state index in [1.165, 1.54) is 154 Å². The summed E-state index contributed by atoms with van der Waals surface area (Å²) in [7, 11) is 0. The summed E-state index contributed by atoms with van der Waals surface area (Å²) in [5.41, 5.74) is 11.5. The van der Waals surface area contributed by atoms with Crippen LogP contribution in [0.4, 0.5) is 0 Å². The van der Waals surface area contributed by atoms with Gasteiger partial charge < -0.3 is 22.1 Å². The average molecular weight is 439 g/mol. The molecule has 0 amide bonds. The van der Waals surface area contributed by atoms with Crippen LogP contribution >= 0.6 is 0 Å². The molecule has 0 aromatic rings. The maximum absolute atomic E-state index is 5.98. The van der Waals surface area contributed by atoms with E-state index in [-0.39, 0.29) is 0 Å². The number of nitrogens with two attached hydrogens (primary N) is 2. The Kier molecular flexibility index (Phi) is 21.4. The van der Waals surface area contributed by atoms with Crippen molar-refractivity contribution in [3.05, 3.63) is 0 Å². The van der Waals surface area contributed by atoms with Gasteiger partial charge in [0, 0.05) is 12.1 Å². The summed E-state index contributed by atoms with van der Waals surface area (Å²) >= 11 is 0. The molecular formula is C27H58N4. The molecule has 0 aromatic carbocycles. The molecule has 4 nitrogen and oxygen atoms in total. The molecule has 4 heteroatoms. The van der Waals surface area contributed by atoms with Crippen LogP contribution in [0.25, 0.3) is 0 Å². The number of hydrogen-bond acceptors (Lipinski definition) is 4. The summed E-state index contributed by atoms with van der Waals surface area (Å²) in [5.74, 6) is 0. The zero-order valence-electron chi connectivity index (χ0n) is 21.0. The van der Waals surface area contributed by atoms with E-state index >= 15 is 0 Å². The molecule has 6 N–H and O–H groups in total. The Morgan fingerprint density at radius 3 is 1.32 bits per heavy atom. The largest absolute Gasteiger partial charge is 0.330 e. The summed E-state index contributed by atoms with van der Waals surface area (Å²) in [6.07, 6.45) is 28.6. The second kappa shape index (κ2) is 23.0. The van der Waals surface area contributed by atoms with Gasteiger partial charge >= 0.3 is 0 Å². The number of nitrogens with one attached hydrogen (secondary N) is 2. The second-order valence-corrected chi connectivity index (χ2v) is 10.1. The van der Waals surface area contributed by atoms with Gasteiger partial charge in [0.2, 0.25) is 0 Å². The summed E-state index contributed by atoms with van der Waals surface area (Å²) < 4.78 is 0. The van der Waals surface area contributed by atoms with E-state index in [0.29, 0.717) is 6.04 Å². The first kappa shape index (κ1) is 28.9. The van der Waals surface area contributed by atoms with Gasteiger partial charge in [0.05, 0.1) is 0 Å². The molecule has 186 valence electrons. The lowest BCUT2D eigenvalue weighted by Crippen LogP contribution is -2.37. The van der Waals surface area contributed by atoms with Gasteiger partial charge in [-0.05, 0) is 77.5 Å². The minimum Gasteiger partial charge on any atom is -0.330 e. The van der Waals surface area contributed by atoms with E-state index in [9.17, 15) is 0 Å². The van der Waals surface area contributed by atoms with Crippen molar-refractivity contribution in [1.29, 1.82) is 0 Å². The lowest BCUT2D eigenvalue weighted by Gasteiger charge is -2.26. The predicted octanol–water partition coefficient (Wildman–Crippen LogP) is 6.03. The van der Waals surface area contributed by atoms with Crippen molar-refractivity contribution in [2.45, 2.75) is 147 Å². The van der Waals surface area contributed by atoms with Crippen molar-refractivity contribution in [3.8, 4) is 0 Å². The van der Waals surface area contributed by atoms with Gasteiger partial charge in [-0.2, -0.15) is 0 Å². The van der Waals surface area contributed by atoms with E-state index in [4.69, 9.17) is 11.5 Å². The van der Waals surface area contributed by atoms with Crippen LogP contribution in [-0.2, 0) is 0 Å². The molecule has 0 saturated heterocycles. The third kappa shape index (κ3) is 20.2. The quantitative estimate of drug-likeness (QED) is 0.147. The Balaban J connectivity index is 1.64. The zero-order chi connectivity index (χ0) is 22.2. The number of unbranched alkanes of at least 4 members (excludes halogenated alkanes) is 15. The first-order valence-electron chi connectivity index (χ1n) is 14.2. The van der Waals surface area contributed by atoms with Crippen LogP contribution in [0.3, 0.4) is 0 Å². The number of rotatable bonds is 23. The first-order valence-corrected chi connectivity index (χ1v) is 14.2. The Bertz CT molecular complexity index is 342. The van der Waals surface area contributed by atoms with Crippen molar-refractivity contribution < 1.29 is 0 Å².